The standard InChI is InChI=1S/C21H22FNO3/c22-17-8-16(9-18(24)11-17)15-5-3-7-23(13-15)21(25)12-19-10-14-4-1-2-6-20(14)26-19/h1-2,4,6,8-9,11,15,19,24H,3,5,7,10,12-13H2. The zero-order valence-electron chi connectivity index (χ0n) is 14.5. The molecule has 2 unspecified atom stereocenters. The van der Waals surface area contributed by atoms with Crippen molar-refractivity contribution in [3.05, 3.63) is 59.4 Å². The number of amides is 1. The van der Waals surface area contributed by atoms with Crippen LogP contribution in [0.3, 0.4) is 0 Å². The number of phenols is 1. The van der Waals surface area contributed by atoms with Gasteiger partial charge in [0.1, 0.15) is 23.4 Å². The van der Waals surface area contributed by atoms with Gasteiger partial charge in [-0.3, -0.25) is 4.79 Å². The average molecular weight is 355 g/mol. The Morgan fingerprint density at radius 2 is 2.12 bits per heavy atom. The highest BCUT2D eigenvalue weighted by Gasteiger charge is 2.30. The smallest absolute Gasteiger partial charge is 0.226 e. The van der Waals surface area contributed by atoms with Gasteiger partial charge in [-0.2, -0.15) is 0 Å². The van der Waals surface area contributed by atoms with E-state index in [1.807, 2.05) is 29.2 Å². The molecule has 4 rings (SSSR count). The third-order valence-corrected chi connectivity index (χ3v) is 5.27. The Hall–Kier alpha value is -2.56. The van der Waals surface area contributed by atoms with E-state index in [0.717, 1.165) is 48.8 Å². The minimum Gasteiger partial charge on any atom is -0.508 e. The second-order valence-electron chi connectivity index (χ2n) is 7.18. The molecule has 1 saturated heterocycles. The molecule has 26 heavy (non-hydrogen) atoms. The van der Waals surface area contributed by atoms with E-state index in [-0.39, 0.29) is 23.7 Å². The SMILES string of the molecule is O=C(CC1Cc2ccccc2O1)N1CCCC(c2cc(O)cc(F)c2)C1. The van der Waals surface area contributed by atoms with E-state index in [1.54, 1.807) is 6.07 Å². The van der Waals surface area contributed by atoms with Crippen molar-refractivity contribution in [1.82, 2.24) is 4.90 Å². The van der Waals surface area contributed by atoms with Gasteiger partial charge in [0.25, 0.3) is 0 Å². The van der Waals surface area contributed by atoms with Crippen LogP contribution in [0.5, 0.6) is 11.5 Å². The number of phenolic OH excluding ortho intramolecular Hbond substituents is 1. The molecular weight excluding hydrogens is 333 g/mol. The third-order valence-electron chi connectivity index (χ3n) is 5.27. The zero-order valence-corrected chi connectivity index (χ0v) is 14.5. The number of carbonyl (C=O) groups is 1. The fraction of sp³-hybridized carbons (Fsp3) is 0.381. The van der Waals surface area contributed by atoms with E-state index in [9.17, 15) is 14.3 Å². The van der Waals surface area contributed by atoms with Crippen LogP contribution >= 0.6 is 0 Å². The first kappa shape index (κ1) is 16.9. The molecule has 2 aliphatic heterocycles. The van der Waals surface area contributed by atoms with E-state index in [0.29, 0.717) is 13.0 Å². The Kier molecular flexibility index (Phi) is 4.53. The summed E-state index contributed by atoms with van der Waals surface area (Å²) in [4.78, 5) is 14.6. The summed E-state index contributed by atoms with van der Waals surface area (Å²) in [5, 5.41) is 9.64. The molecule has 0 aromatic heterocycles. The second kappa shape index (κ2) is 6.98. The number of piperidine rings is 1. The average Bonchev–Trinajstić information content (AvgIpc) is 3.03. The fourth-order valence-electron chi connectivity index (χ4n) is 4.00. The lowest BCUT2D eigenvalue weighted by Crippen LogP contribution is -2.40. The van der Waals surface area contributed by atoms with Crippen LogP contribution in [0, 0.1) is 5.82 Å². The van der Waals surface area contributed by atoms with E-state index in [2.05, 4.69) is 0 Å². The molecule has 2 aromatic rings. The Bertz CT molecular complexity index is 777. The molecular formula is C21H22FNO3. The molecule has 4 nitrogen and oxygen atoms in total. The maximum Gasteiger partial charge on any atom is 0.226 e. The number of likely N-dealkylation sites (tertiary alicyclic amines) is 1. The summed E-state index contributed by atoms with van der Waals surface area (Å²) >= 11 is 0. The normalized spacial score (nSPS) is 22.0. The number of benzene rings is 2. The van der Waals surface area contributed by atoms with Crippen molar-refractivity contribution < 1.29 is 19.0 Å². The molecule has 1 amide bonds. The maximum atomic E-state index is 13.6. The fourth-order valence-corrected chi connectivity index (χ4v) is 4.00. The molecule has 0 aliphatic carbocycles. The van der Waals surface area contributed by atoms with E-state index < -0.39 is 5.82 Å². The van der Waals surface area contributed by atoms with Crippen molar-refractivity contribution in [2.75, 3.05) is 13.1 Å². The molecule has 0 spiro atoms. The topological polar surface area (TPSA) is 49.8 Å². The van der Waals surface area contributed by atoms with Crippen LogP contribution in [0.2, 0.25) is 0 Å². The minimum atomic E-state index is -0.444. The van der Waals surface area contributed by atoms with Crippen molar-refractivity contribution in [3.63, 3.8) is 0 Å². The first-order chi connectivity index (χ1) is 12.6. The van der Waals surface area contributed by atoms with Crippen LogP contribution < -0.4 is 4.74 Å². The summed E-state index contributed by atoms with van der Waals surface area (Å²) in [5.74, 6) is 0.488. The van der Waals surface area contributed by atoms with Crippen LogP contribution in [0.25, 0.3) is 0 Å². The Labute approximate surface area is 152 Å². The highest BCUT2D eigenvalue weighted by Crippen LogP contribution is 2.32. The van der Waals surface area contributed by atoms with E-state index in [4.69, 9.17) is 4.74 Å². The number of rotatable bonds is 3. The predicted molar refractivity (Wildman–Crippen MR) is 95.8 cm³/mol. The first-order valence-electron chi connectivity index (χ1n) is 9.10. The molecule has 2 aromatic carbocycles. The molecule has 5 heteroatoms. The summed E-state index contributed by atoms with van der Waals surface area (Å²) in [6, 6.07) is 12.0. The van der Waals surface area contributed by atoms with E-state index in [1.165, 1.54) is 6.07 Å². The number of ether oxygens (including phenoxy) is 1. The third kappa shape index (κ3) is 3.52. The molecule has 0 radical (unpaired) electrons. The van der Waals surface area contributed by atoms with Gasteiger partial charge >= 0.3 is 0 Å². The van der Waals surface area contributed by atoms with Crippen molar-refractivity contribution in [2.24, 2.45) is 0 Å². The van der Waals surface area contributed by atoms with Crippen LogP contribution in [0.4, 0.5) is 4.39 Å². The number of nitrogens with zero attached hydrogens (tertiary/aromatic N) is 1. The first-order valence-corrected chi connectivity index (χ1v) is 9.10. The van der Waals surface area contributed by atoms with E-state index >= 15 is 0 Å². The second-order valence-corrected chi connectivity index (χ2v) is 7.18. The summed E-state index contributed by atoms with van der Waals surface area (Å²) in [5.41, 5.74) is 1.90. The van der Waals surface area contributed by atoms with Gasteiger partial charge in [-0.25, -0.2) is 4.39 Å². The van der Waals surface area contributed by atoms with Gasteiger partial charge in [-0.1, -0.05) is 18.2 Å². The Morgan fingerprint density at radius 1 is 1.27 bits per heavy atom. The summed E-state index contributed by atoms with van der Waals surface area (Å²) in [6.45, 7) is 1.28. The van der Waals surface area contributed by atoms with Crippen molar-refractivity contribution in [3.8, 4) is 11.5 Å². The number of hydrogen-bond acceptors (Lipinski definition) is 3. The van der Waals surface area contributed by atoms with Crippen molar-refractivity contribution in [2.45, 2.75) is 37.7 Å². The van der Waals surface area contributed by atoms with Gasteiger partial charge in [-0.15, -0.1) is 0 Å². The number of fused-ring (bicyclic) bond motifs is 1. The van der Waals surface area contributed by atoms with Crippen molar-refractivity contribution in [1.29, 1.82) is 0 Å². The van der Waals surface area contributed by atoms with Crippen LogP contribution in [0.1, 0.15) is 36.3 Å². The van der Waals surface area contributed by atoms with Gasteiger partial charge in [0.2, 0.25) is 5.91 Å². The molecule has 0 bridgehead atoms. The number of halogens is 1. The molecule has 0 saturated carbocycles. The van der Waals surface area contributed by atoms with Gasteiger partial charge in [0, 0.05) is 31.5 Å². The highest BCUT2D eigenvalue weighted by molar-refractivity contribution is 5.77. The lowest BCUT2D eigenvalue weighted by atomic mass is 9.90. The molecule has 2 aliphatic rings. The predicted octanol–water partition coefficient (Wildman–Crippen LogP) is 3.63. The van der Waals surface area contributed by atoms with Gasteiger partial charge in [0.05, 0.1) is 6.42 Å². The summed E-state index contributed by atoms with van der Waals surface area (Å²) in [6.07, 6.45) is 2.77. The molecule has 1 N–H and O–H groups in total. The lowest BCUT2D eigenvalue weighted by Gasteiger charge is -2.33. The summed E-state index contributed by atoms with van der Waals surface area (Å²) in [7, 11) is 0. The molecule has 1 fully saturated rings. The van der Waals surface area contributed by atoms with Crippen LogP contribution in [0.15, 0.2) is 42.5 Å². The van der Waals surface area contributed by atoms with Gasteiger partial charge in [-0.05, 0) is 42.2 Å². The number of aromatic hydroxyl groups is 1. The Balaban J connectivity index is 1.39. The molecule has 2 atom stereocenters. The quantitative estimate of drug-likeness (QED) is 0.915. The van der Waals surface area contributed by atoms with Crippen LogP contribution in [-0.4, -0.2) is 35.1 Å². The van der Waals surface area contributed by atoms with Gasteiger partial charge < -0.3 is 14.7 Å². The van der Waals surface area contributed by atoms with Crippen molar-refractivity contribution >= 4 is 5.91 Å². The number of hydrogen-bond donors (Lipinski definition) is 1. The highest BCUT2D eigenvalue weighted by atomic mass is 19.1. The number of carbonyl (C=O) groups excluding carboxylic acids is 1. The van der Waals surface area contributed by atoms with Gasteiger partial charge in [0.15, 0.2) is 0 Å². The molecule has 136 valence electrons. The summed E-state index contributed by atoms with van der Waals surface area (Å²) < 4.78 is 19.5. The van der Waals surface area contributed by atoms with Crippen LogP contribution in [-0.2, 0) is 11.2 Å². The Morgan fingerprint density at radius 3 is 2.92 bits per heavy atom. The monoisotopic (exact) mass is 355 g/mol. The largest absolute Gasteiger partial charge is 0.508 e. The zero-order chi connectivity index (χ0) is 18.1. The minimum absolute atomic E-state index is 0.0518. The molecule has 2 heterocycles. The maximum absolute atomic E-state index is 13.6. The lowest BCUT2D eigenvalue weighted by molar-refractivity contribution is -0.133. The number of para-hydroxylation sites is 1.